The predicted octanol–water partition coefficient (Wildman–Crippen LogP) is 0.929. The molecule has 1 fully saturated rings. The number of hydrogen-bond donors (Lipinski definition) is 1. The molecule has 1 saturated carbocycles. The number of pyridine rings is 1. The molecule has 1 aliphatic carbocycles. The second kappa shape index (κ2) is 3.28. The molecule has 0 amide bonds. The lowest BCUT2D eigenvalue weighted by molar-refractivity contribution is 0.692. The van der Waals surface area contributed by atoms with Crippen molar-refractivity contribution in [3.05, 3.63) is 24.8 Å². The first-order chi connectivity index (χ1) is 8.84. The third-order valence-electron chi connectivity index (χ3n) is 3.15. The number of hydrogen-bond acceptors (Lipinski definition) is 5. The largest absolute Gasteiger partial charge is 0.368 e. The van der Waals surface area contributed by atoms with Gasteiger partial charge in [-0.25, -0.2) is 4.98 Å². The van der Waals surface area contributed by atoms with Gasteiger partial charge in [-0.05, 0) is 18.9 Å². The first-order valence-electron chi connectivity index (χ1n) is 5.82. The zero-order valence-electron chi connectivity index (χ0n) is 9.56. The summed E-state index contributed by atoms with van der Waals surface area (Å²) in [4.78, 5) is 12.6. The molecule has 1 aliphatic rings. The number of aromatic nitrogens is 6. The van der Waals surface area contributed by atoms with Crippen LogP contribution >= 0.6 is 0 Å². The van der Waals surface area contributed by atoms with Crippen LogP contribution in [0, 0.1) is 0 Å². The van der Waals surface area contributed by atoms with E-state index in [2.05, 4.69) is 24.6 Å². The Kier molecular flexibility index (Phi) is 1.75. The minimum absolute atomic E-state index is 0.347. The maximum Gasteiger partial charge on any atom is 0.235 e. The van der Waals surface area contributed by atoms with Crippen LogP contribution in [-0.4, -0.2) is 29.3 Å². The number of imidazole rings is 1. The molecule has 4 rings (SSSR count). The number of fused-ring (bicyclic) bond motifs is 1. The summed E-state index contributed by atoms with van der Waals surface area (Å²) >= 11 is 0. The van der Waals surface area contributed by atoms with Crippen LogP contribution < -0.4 is 5.73 Å². The average Bonchev–Trinajstić information content (AvgIpc) is 3.01. The minimum atomic E-state index is 0.347. The third-order valence-corrected chi connectivity index (χ3v) is 3.15. The van der Waals surface area contributed by atoms with Crippen molar-refractivity contribution >= 4 is 17.0 Å². The molecule has 7 heteroatoms. The van der Waals surface area contributed by atoms with E-state index < -0.39 is 0 Å². The van der Waals surface area contributed by atoms with E-state index in [1.807, 2.05) is 6.07 Å². The molecule has 0 aromatic carbocycles. The SMILES string of the molecule is Nc1ncnn1-c1nc2cnccc2n1C1CC1. The van der Waals surface area contributed by atoms with Crippen molar-refractivity contribution in [2.45, 2.75) is 18.9 Å². The summed E-state index contributed by atoms with van der Waals surface area (Å²) in [7, 11) is 0. The van der Waals surface area contributed by atoms with Gasteiger partial charge in [0, 0.05) is 12.2 Å². The predicted molar refractivity (Wildman–Crippen MR) is 65.1 cm³/mol. The molecule has 0 spiro atoms. The van der Waals surface area contributed by atoms with Crippen LogP contribution in [0.25, 0.3) is 17.0 Å². The summed E-state index contributed by atoms with van der Waals surface area (Å²) in [5, 5.41) is 4.13. The van der Waals surface area contributed by atoms with Crippen molar-refractivity contribution in [3.63, 3.8) is 0 Å². The van der Waals surface area contributed by atoms with E-state index in [1.165, 1.54) is 6.33 Å². The minimum Gasteiger partial charge on any atom is -0.368 e. The molecule has 2 N–H and O–H groups in total. The maximum absolute atomic E-state index is 5.80. The van der Waals surface area contributed by atoms with E-state index in [0.717, 1.165) is 29.8 Å². The Bertz CT molecular complexity index is 722. The van der Waals surface area contributed by atoms with E-state index in [-0.39, 0.29) is 0 Å². The number of anilines is 1. The second-order valence-electron chi connectivity index (χ2n) is 4.41. The number of nitrogens with zero attached hydrogens (tertiary/aromatic N) is 6. The molecular weight excluding hydrogens is 230 g/mol. The van der Waals surface area contributed by atoms with Crippen LogP contribution in [-0.2, 0) is 0 Å². The van der Waals surface area contributed by atoms with Gasteiger partial charge in [-0.15, -0.1) is 0 Å². The van der Waals surface area contributed by atoms with Gasteiger partial charge in [0.25, 0.3) is 0 Å². The van der Waals surface area contributed by atoms with Gasteiger partial charge >= 0.3 is 0 Å². The number of rotatable bonds is 2. The average molecular weight is 241 g/mol. The highest BCUT2D eigenvalue weighted by Crippen LogP contribution is 2.39. The topological polar surface area (TPSA) is 87.4 Å². The van der Waals surface area contributed by atoms with E-state index >= 15 is 0 Å². The highest BCUT2D eigenvalue weighted by atomic mass is 15.4. The fourth-order valence-electron chi connectivity index (χ4n) is 2.18. The highest BCUT2D eigenvalue weighted by molar-refractivity contribution is 5.76. The molecule has 0 atom stereocenters. The van der Waals surface area contributed by atoms with Crippen LogP contribution in [0.15, 0.2) is 24.8 Å². The van der Waals surface area contributed by atoms with Crippen LogP contribution in [0.4, 0.5) is 5.95 Å². The Morgan fingerprint density at radius 2 is 2.22 bits per heavy atom. The van der Waals surface area contributed by atoms with Gasteiger partial charge in [0.2, 0.25) is 11.9 Å². The summed E-state index contributed by atoms with van der Waals surface area (Å²) in [6.07, 6.45) is 7.29. The van der Waals surface area contributed by atoms with E-state index in [4.69, 9.17) is 5.73 Å². The second-order valence-corrected chi connectivity index (χ2v) is 4.41. The van der Waals surface area contributed by atoms with Gasteiger partial charge in [0.05, 0.1) is 11.7 Å². The fraction of sp³-hybridized carbons (Fsp3) is 0.273. The van der Waals surface area contributed by atoms with Crippen molar-refractivity contribution < 1.29 is 0 Å². The quantitative estimate of drug-likeness (QED) is 0.721. The van der Waals surface area contributed by atoms with E-state index in [0.29, 0.717) is 12.0 Å². The Morgan fingerprint density at radius 3 is 2.94 bits per heavy atom. The summed E-state index contributed by atoms with van der Waals surface area (Å²) < 4.78 is 3.74. The maximum atomic E-state index is 5.80. The van der Waals surface area contributed by atoms with Crippen molar-refractivity contribution in [1.82, 2.24) is 29.3 Å². The van der Waals surface area contributed by atoms with Crippen LogP contribution in [0.5, 0.6) is 0 Å². The van der Waals surface area contributed by atoms with E-state index in [9.17, 15) is 0 Å². The Hall–Kier alpha value is -2.44. The lowest BCUT2D eigenvalue weighted by Gasteiger charge is -2.07. The summed E-state index contributed by atoms with van der Waals surface area (Å²) in [6, 6.07) is 2.45. The highest BCUT2D eigenvalue weighted by Gasteiger charge is 2.29. The van der Waals surface area contributed by atoms with Crippen molar-refractivity contribution in [1.29, 1.82) is 0 Å². The standard InChI is InChI=1S/C11H11N7/c12-10-14-6-15-18(10)11-16-8-5-13-4-3-9(8)17(11)7-1-2-7/h3-7H,1-2H2,(H2,12,14,15). The summed E-state index contributed by atoms with van der Waals surface area (Å²) in [5.74, 6) is 1.07. The van der Waals surface area contributed by atoms with Crippen LogP contribution in [0.3, 0.4) is 0 Å². The van der Waals surface area contributed by atoms with Gasteiger partial charge in [-0.3, -0.25) is 4.98 Å². The molecule has 0 unspecified atom stereocenters. The van der Waals surface area contributed by atoms with Crippen LogP contribution in [0.1, 0.15) is 18.9 Å². The molecule has 0 saturated heterocycles. The number of nitrogen functional groups attached to an aromatic ring is 1. The van der Waals surface area contributed by atoms with Gasteiger partial charge in [-0.2, -0.15) is 14.8 Å². The third kappa shape index (κ3) is 1.24. The first kappa shape index (κ1) is 9.58. The van der Waals surface area contributed by atoms with E-state index in [1.54, 1.807) is 17.1 Å². The monoisotopic (exact) mass is 241 g/mol. The van der Waals surface area contributed by atoms with Gasteiger partial charge < -0.3 is 10.3 Å². The molecule has 0 radical (unpaired) electrons. The molecule has 0 aliphatic heterocycles. The van der Waals surface area contributed by atoms with Gasteiger partial charge in [-0.1, -0.05) is 0 Å². The molecule has 7 nitrogen and oxygen atoms in total. The summed E-state index contributed by atoms with van der Waals surface area (Å²) in [6.45, 7) is 0. The zero-order valence-corrected chi connectivity index (χ0v) is 9.56. The molecule has 90 valence electrons. The van der Waals surface area contributed by atoms with Crippen molar-refractivity contribution in [2.24, 2.45) is 0 Å². The molecule has 3 aromatic rings. The van der Waals surface area contributed by atoms with Crippen LogP contribution in [0.2, 0.25) is 0 Å². The number of nitrogens with two attached hydrogens (primary N) is 1. The molecular formula is C11H11N7. The van der Waals surface area contributed by atoms with Gasteiger partial charge in [0.1, 0.15) is 11.8 Å². The smallest absolute Gasteiger partial charge is 0.235 e. The van der Waals surface area contributed by atoms with Crippen molar-refractivity contribution in [3.8, 4) is 5.95 Å². The zero-order chi connectivity index (χ0) is 12.1. The van der Waals surface area contributed by atoms with Gasteiger partial charge in [0.15, 0.2) is 0 Å². The Balaban J connectivity index is 2.05. The lowest BCUT2D eigenvalue weighted by Crippen LogP contribution is -2.10. The first-order valence-corrected chi connectivity index (χ1v) is 5.82. The fourth-order valence-corrected chi connectivity index (χ4v) is 2.18. The summed E-state index contributed by atoms with van der Waals surface area (Å²) in [5.41, 5.74) is 7.73. The Labute approximate surface area is 102 Å². The molecule has 18 heavy (non-hydrogen) atoms. The normalized spacial score (nSPS) is 15.3. The van der Waals surface area contributed by atoms with Crippen molar-refractivity contribution in [2.75, 3.05) is 5.73 Å². The lowest BCUT2D eigenvalue weighted by atomic mass is 10.4. The molecule has 3 heterocycles. The Morgan fingerprint density at radius 1 is 1.33 bits per heavy atom. The molecule has 0 bridgehead atoms. The molecule has 3 aromatic heterocycles.